The number of nitrogens with zero attached hydrogens (tertiary/aromatic N) is 1. The third-order valence-corrected chi connectivity index (χ3v) is 6.68. The molecule has 1 heterocycles. The number of carbonyl (C=O) groups is 3. The number of benzene rings is 1. The second-order valence-corrected chi connectivity index (χ2v) is 7.66. The Kier molecular flexibility index (Phi) is 5.38. The SMILES string of the molecule is COc1cc(/C=C2\C(=O)NC(=O)N(C3CCCC3)C2=O)c(Br)c(Br)c1O. The molecule has 1 aliphatic heterocycles. The molecule has 1 saturated heterocycles. The molecule has 2 fully saturated rings. The summed E-state index contributed by atoms with van der Waals surface area (Å²) in [7, 11) is 1.39. The van der Waals surface area contributed by atoms with Gasteiger partial charge in [0.15, 0.2) is 11.5 Å². The molecular formula is C17H16Br2N2O5. The minimum atomic E-state index is -0.746. The van der Waals surface area contributed by atoms with Gasteiger partial charge in [-0.15, -0.1) is 0 Å². The van der Waals surface area contributed by atoms with Crippen LogP contribution < -0.4 is 10.1 Å². The van der Waals surface area contributed by atoms with Gasteiger partial charge in [0.25, 0.3) is 11.8 Å². The van der Waals surface area contributed by atoms with E-state index in [1.807, 2.05) is 0 Å². The fourth-order valence-corrected chi connectivity index (χ4v) is 4.03. The van der Waals surface area contributed by atoms with Gasteiger partial charge in [-0.1, -0.05) is 12.8 Å². The summed E-state index contributed by atoms with van der Waals surface area (Å²) in [6.07, 6.45) is 4.75. The van der Waals surface area contributed by atoms with Gasteiger partial charge in [0.05, 0.1) is 11.6 Å². The Hall–Kier alpha value is -1.87. The molecule has 9 heteroatoms. The molecule has 1 aromatic carbocycles. The second-order valence-electron chi connectivity index (χ2n) is 6.08. The smallest absolute Gasteiger partial charge is 0.331 e. The number of hydrogen-bond acceptors (Lipinski definition) is 5. The first-order chi connectivity index (χ1) is 12.3. The summed E-state index contributed by atoms with van der Waals surface area (Å²) in [5, 5.41) is 12.2. The van der Waals surface area contributed by atoms with Crippen LogP contribution in [0.15, 0.2) is 20.6 Å². The maximum absolute atomic E-state index is 12.8. The quantitative estimate of drug-likeness (QED) is 0.503. The molecule has 2 N–H and O–H groups in total. The lowest BCUT2D eigenvalue weighted by atomic mass is 10.0. The molecule has 4 amide bonds. The Morgan fingerprint density at radius 3 is 2.50 bits per heavy atom. The summed E-state index contributed by atoms with van der Waals surface area (Å²) in [5.74, 6) is -1.28. The highest BCUT2D eigenvalue weighted by molar-refractivity contribution is 9.13. The summed E-state index contributed by atoms with van der Waals surface area (Å²) in [6, 6.07) is 0.629. The van der Waals surface area contributed by atoms with Crippen molar-refractivity contribution in [1.29, 1.82) is 0 Å². The van der Waals surface area contributed by atoms with E-state index in [9.17, 15) is 19.5 Å². The molecule has 138 valence electrons. The molecular weight excluding hydrogens is 472 g/mol. The van der Waals surface area contributed by atoms with Crippen molar-refractivity contribution in [3.63, 3.8) is 0 Å². The fraction of sp³-hybridized carbons (Fsp3) is 0.353. The van der Waals surface area contributed by atoms with Crippen molar-refractivity contribution < 1.29 is 24.2 Å². The van der Waals surface area contributed by atoms with Crippen LogP contribution in [0, 0.1) is 0 Å². The Labute approximate surface area is 166 Å². The highest BCUT2D eigenvalue weighted by Crippen LogP contribution is 2.42. The lowest BCUT2D eigenvalue weighted by Crippen LogP contribution is -2.57. The number of nitrogens with one attached hydrogen (secondary N) is 1. The number of urea groups is 1. The maximum Gasteiger partial charge on any atom is 0.331 e. The monoisotopic (exact) mass is 486 g/mol. The zero-order chi connectivity index (χ0) is 19.0. The fourth-order valence-electron chi connectivity index (χ4n) is 3.19. The van der Waals surface area contributed by atoms with Gasteiger partial charge in [0.1, 0.15) is 5.57 Å². The van der Waals surface area contributed by atoms with E-state index in [1.165, 1.54) is 19.3 Å². The summed E-state index contributed by atoms with van der Waals surface area (Å²) in [6.45, 7) is 0. The van der Waals surface area contributed by atoms with Gasteiger partial charge >= 0.3 is 6.03 Å². The third kappa shape index (κ3) is 3.25. The van der Waals surface area contributed by atoms with Crippen molar-refractivity contribution in [3.05, 3.63) is 26.1 Å². The standard InChI is InChI=1S/C17H16Br2N2O5/c1-26-11-7-8(12(18)13(19)14(11)22)6-10-15(23)20-17(25)21(16(10)24)9-4-2-3-5-9/h6-7,9,22H,2-5H2,1H3,(H,20,23,25)/b10-6+. The zero-order valence-corrected chi connectivity index (χ0v) is 17.0. The molecule has 0 aromatic heterocycles. The zero-order valence-electron chi connectivity index (χ0n) is 13.8. The van der Waals surface area contributed by atoms with Gasteiger partial charge in [-0.25, -0.2) is 4.79 Å². The molecule has 1 saturated carbocycles. The van der Waals surface area contributed by atoms with Crippen molar-refractivity contribution >= 4 is 55.8 Å². The average Bonchev–Trinajstić information content (AvgIpc) is 3.12. The van der Waals surface area contributed by atoms with Crippen molar-refractivity contribution in [2.24, 2.45) is 0 Å². The van der Waals surface area contributed by atoms with Gasteiger partial charge in [0, 0.05) is 10.5 Å². The number of phenols is 1. The van der Waals surface area contributed by atoms with Gasteiger partial charge < -0.3 is 9.84 Å². The number of aromatic hydroxyl groups is 1. The number of halogens is 2. The van der Waals surface area contributed by atoms with Crippen LogP contribution >= 0.6 is 31.9 Å². The van der Waals surface area contributed by atoms with E-state index < -0.39 is 17.8 Å². The Morgan fingerprint density at radius 2 is 1.88 bits per heavy atom. The second kappa shape index (κ2) is 7.40. The number of methoxy groups -OCH3 is 1. The number of rotatable bonds is 3. The Bertz CT molecular complexity index is 831. The van der Waals surface area contributed by atoms with Crippen LogP contribution in [-0.2, 0) is 9.59 Å². The van der Waals surface area contributed by atoms with Crippen LogP contribution in [0.5, 0.6) is 11.5 Å². The number of hydrogen-bond donors (Lipinski definition) is 2. The number of carbonyl (C=O) groups excluding carboxylic acids is 3. The molecule has 0 spiro atoms. The van der Waals surface area contributed by atoms with E-state index in [1.54, 1.807) is 0 Å². The van der Waals surface area contributed by atoms with E-state index in [-0.39, 0.29) is 23.1 Å². The van der Waals surface area contributed by atoms with Crippen LogP contribution in [-0.4, -0.2) is 41.0 Å². The summed E-state index contributed by atoms with van der Waals surface area (Å²) in [5.41, 5.74) is 0.308. The molecule has 1 aliphatic carbocycles. The van der Waals surface area contributed by atoms with Gasteiger partial charge in [0.2, 0.25) is 0 Å². The summed E-state index contributed by atoms with van der Waals surface area (Å²) in [4.78, 5) is 38.3. The Balaban J connectivity index is 2.04. The van der Waals surface area contributed by atoms with E-state index in [4.69, 9.17) is 4.74 Å². The van der Waals surface area contributed by atoms with E-state index in [2.05, 4.69) is 37.2 Å². The average molecular weight is 488 g/mol. The molecule has 0 unspecified atom stereocenters. The minimum Gasteiger partial charge on any atom is -0.503 e. The van der Waals surface area contributed by atoms with E-state index in [0.29, 0.717) is 14.5 Å². The van der Waals surface area contributed by atoms with Gasteiger partial charge in [-0.05, 0) is 62.4 Å². The van der Waals surface area contributed by atoms with E-state index >= 15 is 0 Å². The Morgan fingerprint density at radius 1 is 1.23 bits per heavy atom. The number of barbiturate groups is 1. The van der Waals surface area contributed by atoms with Gasteiger partial charge in [-0.3, -0.25) is 19.8 Å². The number of phenolic OH excluding ortho intramolecular Hbond substituents is 1. The highest BCUT2D eigenvalue weighted by Gasteiger charge is 2.40. The lowest BCUT2D eigenvalue weighted by molar-refractivity contribution is -0.131. The summed E-state index contributed by atoms with van der Waals surface area (Å²) >= 11 is 6.56. The summed E-state index contributed by atoms with van der Waals surface area (Å²) < 4.78 is 5.89. The first kappa shape index (κ1) is 18.9. The molecule has 26 heavy (non-hydrogen) atoms. The van der Waals surface area contributed by atoms with Crippen LogP contribution in [0.1, 0.15) is 31.2 Å². The van der Waals surface area contributed by atoms with Crippen molar-refractivity contribution in [2.45, 2.75) is 31.7 Å². The third-order valence-electron chi connectivity index (χ3n) is 4.52. The van der Waals surface area contributed by atoms with Crippen LogP contribution in [0.4, 0.5) is 4.79 Å². The molecule has 7 nitrogen and oxygen atoms in total. The lowest BCUT2D eigenvalue weighted by Gasteiger charge is -2.31. The van der Waals surface area contributed by atoms with Crippen molar-refractivity contribution in [2.75, 3.05) is 7.11 Å². The molecule has 0 radical (unpaired) electrons. The molecule has 0 atom stereocenters. The van der Waals surface area contributed by atoms with Crippen LogP contribution in [0.25, 0.3) is 6.08 Å². The predicted octanol–water partition coefficient (Wildman–Crippen LogP) is 3.33. The largest absolute Gasteiger partial charge is 0.503 e. The predicted molar refractivity (Wildman–Crippen MR) is 101 cm³/mol. The highest BCUT2D eigenvalue weighted by atomic mass is 79.9. The van der Waals surface area contributed by atoms with Gasteiger partial charge in [-0.2, -0.15) is 0 Å². The maximum atomic E-state index is 12.8. The molecule has 1 aromatic rings. The van der Waals surface area contributed by atoms with Crippen LogP contribution in [0.2, 0.25) is 0 Å². The normalized spacial score (nSPS) is 20.0. The van der Waals surface area contributed by atoms with Crippen molar-refractivity contribution in [3.8, 4) is 11.5 Å². The van der Waals surface area contributed by atoms with Crippen LogP contribution in [0.3, 0.4) is 0 Å². The molecule has 3 rings (SSSR count). The first-order valence-corrected chi connectivity index (χ1v) is 9.59. The number of ether oxygens (including phenoxy) is 1. The topological polar surface area (TPSA) is 95.9 Å². The first-order valence-electron chi connectivity index (χ1n) is 8.00. The van der Waals surface area contributed by atoms with E-state index in [0.717, 1.165) is 30.6 Å². The molecule has 2 aliphatic rings. The minimum absolute atomic E-state index is 0.108. The number of amides is 4. The number of imide groups is 2. The van der Waals surface area contributed by atoms with Crippen molar-refractivity contribution in [1.82, 2.24) is 10.2 Å². The molecule has 0 bridgehead atoms.